The Bertz CT molecular complexity index is 187. The van der Waals surface area contributed by atoms with Gasteiger partial charge in [-0.15, -0.1) is 0 Å². The van der Waals surface area contributed by atoms with Crippen LogP contribution in [-0.2, 0) is 9.59 Å². The summed E-state index contributed by atoms with van der Waals surface area (Å²) in [6.07, 6.45) is 1.74. The molecule has 0 radical (unpaired) electrons. The molecule has 0 bridgehead atoms. The number of likely N-dealkylation sites (N-methyl/N-ethyl adjacent to an activating group) is 2. The molecule has 0 atom stereocenters. The molecule has 6 heteroatoms. The molecule has 0 saturated carbocycles. The SMILES string of the molecule is CNCC(=O)NCCCCNC(=O)CNC. The van der Waals surface area contributed by atoms with Gasteiger partial charge in [0.15, 0.2) is 0 Å². The Hall–Kier alpha value is -1.14. The third-order valence-corrected chi connectivity index (χ3v) is 1.92. The summed E-state index contributed by atoms with van der Waals surface area (Å²) in [7, 11) is 3.47. The van der Waals surface area contributed by atoms with Gasteiger partial charge in [0, 0.05) is 13.1 Å². The fourth-order valence-electron chi connectivity index (χ4n) is 1.15. The summed E-state index contributed by atoms with van der Waals surface area (Å²) in [5, 5.41) is 11.1. The van der Waals surface area contributed by atoms with Crippen molar-refractivity contribution in [3.05, 3.63) is 0 Å². The average molecular weight is 230 g/mol. The predicted octanol–water partition coefficient (Wildman–Crippen LogP) is -1.56. The van der Waals surface area contributed by atoms with E-state index in [9.17, 15) is 9.59 Å². The number of amides is 2. The highest BCUT2D eigenvalue weighted by molar-refractivity contribution is 5.78. The Balaban J connectivity index is 3.21. The number of hydrogen-bond acceptors (Lipinski definition) is 4. The number of hydrogen-bond donors (Lipinski definition) is 4. The fourth-order valence-corrected chi connectivity index (χ4v) is 1.15. The Morgan fingerprint density at radius 3 is 1.50 bits per heavy atom. The van der Waals surface area contributed by atoms with Crippen LogP contribution in [0.2, 0.25) is 0 Å². The monoisotopic (exact) mass is 230 g/mol. The lowest BCUT2D eigenvalue weighted by molar-refractivity contribution is -0.121. The van der Waals surface area contributed by atoms with Crippen LogP contribution in [0.3, 0.4) is 0 Å². The first-order chi connectivity index (χ1) is 7.70. The first-order valence-corrected chi connectivity index (χ1v) is 5.53. The Labute approximate surface area is 96.5 Å². The van der Waals surface area contributed by atoms with E-state index in [2.05, 4.69) is 21.3 Å². The van der Waals surface area contributed by atoms with Gasteiger partial charge >= 0.3 is 0 Å². The van der Waals surface area contributed by atoms with E-state index in [0.29, 0.717) is 26.2 Å². The molecule has 0 fully saturated rings. The minimum Gasteiger partial charge on any atom is -0.355 e. The molecule has 0 spiro atoms. The molecule has 0 aromatic carbocycles. The topological polar surface area (TPSA) is 82.3 Å². The molecular weight excluding hydrogens is 208 g/mol. The summed E-state index contributed by atoms with van der Waals surface area (Å²) in [6, 6.07) is 0. The zero-order valence-electron chi connectivity index (χ0n) is 10.1. The van der Waals surface area contributed by atoms with Crippen molar-refractivity contribution in [1.82, 2.24) is 21.3 Å². The minimum absolute atomic E-state index is 0.00159. The van der Waals surface area contributed by atoms with E-state index in [1.54, 1.807) is 14.1 Å². The van der Waals surface area contributed by atoms with Gasteiger partial charge in [0.25, 0.3) is 0 Å². The number of carbonyl (C=O) groups excluding carboxylic acids is 2. The number of unbranched alkanes of at least 4 members (excludes halogenated alkanes) is 1. The average Bonchev–Trinajstić information content (AvgIpc) is 2.24. The summed E-state index contributed by atoms with van der Waals surface area (Å²) in [5.74, 6) is 0.00318. The molecule has 0 unspecified atom stereocenters. The molecular formula is C10H22N4O2. The van der Waals surface area contributed by atoms with Crippen LogP contribution in [0.5, 0.6) is 0 Å². The Kier molecular flexibility index (Phi) is 9.64. The Morgan fingerprint density at radius 1 is 0.812 bits per heavy atom. The van der Waals surface area contributed by atoms with E-state index in [-0.39, 0.29) is 11.8 Å². The van der Waals surface area contributed by atoms with Crippen LogP contribution in [0.4, 0.5) is 0 Å². The quantitative estimate of drug-likeness (QED) is 0.361. The highest BCUT2D eigenvalue weighted by atomic mass is 16.2. The molecule has 2 amide bonds. The first-order valence-electron chi connectivity index (χ1n) is 5.53. The van der Waals surface area contributed by atoms with Crippen LogP contribution in [0.1, 0.15) is 12.8 Å². The Morgan fingerprint density at radius 2 is 1.19 bits per heavy atom. The van der Waals surface area contributed by atoms with Crippen molar-refractivity contribution in [2.45, 2.75) is 12.8 Å². The molecule has 0 aliphatic heterocycles. The fraction of sp³-hybridized carbons (Fsp3) is 0.800. The largest absolute Gasteiger partial charge is 0.355 e. The van der Waals surface area contributed by atoms with E-state index >= 15 is 0 Å². The van der Waals surface area contributed by atoms with Crippen molar-refractivity contribution in [1.29, 1.82) is 0 Å². The van der Waals surface area contributed by atoms with E-state index < -0.39 is 0 Å². The lowest BCUT2D eigenvalue weighted by Crippen LogP contribution is -2.34. The molecule has 0 heterocycles. The number of rotatable bonds is 9. The highest BCUT2D eigenvalue weighted by Crippen LogP contribution is 1.84. The number of carbonyl (C=O) groups is 2. The third-order valence-electron chi connectivity index (χ3n) is 1.92. The van der Waals surface area contributed by atoms with Crippen LogP contribution < -0.4 is 21.3 Å². The predicted molar refractivity (Wildman–Crippen MR) is 63.1 cm³/mol. The second-order valence-corrected chi connectivity index (χ2v) is 3.47. The molecule has 6 nitrogen and oxygen atoms in total. The molecule has 0 aromatic rings. The van der Waals surface area contributed by atoms with Gasteiger partial charge in [-0.25, -0.2) is 0 Å². The first kappa shape index (κ1) is 14.9. The smallest absolute Gasteiger partial charge is 0.233 e. The molecule has 94 valence electrons. The van der Waals surface area contributed by atoms with Gasteiger partial charge in [0.05, 0.1) is 13.1 Å². The van der Waals surface area contributed by atoms with Gasteiger partial charge in [0.1, 0.15) is 0 Å². The third kappa shape index (κ3) is 9.42. The van der Waals surface area contributed by atoms with Crippen molar-refractivity contribution >= 4 is 11.8 Å². The normalized spacial score (nSPS) is 9.88. The second kappa shape index (κ2) is 10.4. The van der Waals surface area contributed by atoms with Crippen LogP contribution in [-0.4, -0.2) is 52.1 Å². The summed E-state index contributed by atoms with van der Waals surface area (Å²) >= 11 is 0. The van der Waals surface area contributed by atoms with Gasteiger partial charge in [-0.1, -0.05) is 0 Å². The second-order valence-electron chi connectivity index (χ2n) is 3.47. The van der Waals surface area contributed by atoms with E-state index in [0.717, 1.165) is 12.8 Å². The zero-order chi connectivity index (χ0) is 12.2. The molecule has 0 aromatic heterocycles. The van der Waals surface area contributed by atoms with Crippen molar-refractivity contribution in [3.63, 3.8) is 0 Å². The lowest BCUT2D eigenvalue weighted by atomic mass is 10.3. The highest BCUT2D eigenvalue weighted by Gasteiger charge is 1.99. The molecule has 0 aliphatic carbocycles. The molecule has 0 aliphatic rings. The van der Waals surface area contributed by atoms with Crippen LogP contribution in [0, 0.1) is 0 Å². The lowest BCUT2D eigenvalue weighted by Gasteiger charge is -2.06. The van der Waals surface area contributed by atoms with Crippen molar-refractivity contribution in [2.24, 2.45) is 0 Å². The van der Waals surface area contributed by atoms with E-state index in [4.69, 9.17) is 0 Å². The van der Waals surface area contributed by atoms with Gasteiger partial charge in [-0.3, -0.25) is 9.59 Å². The van der Waals surface area contributed by atoms with Crippen LogP contribution in [0.15, 0.2) is 0 Å². The van der Waals surface area contributed by atoms with Gasteiger partial charge < -0.3 is 21.3 Å². The molecule has 4 N–H and O–H groups in total. The van der Waals surface area contributed by atoms with Gasteiger partial charge in [0.2, 0.25) is 11.8 Å². The van der Waals surface area contributed by atoms with Crippen molar-refractivity contribution in [3.8, 4) is 0 Å². The van der Waals surface area contributed by atoms with Crippen LogP contribution >= 0.6 is 0 Å². The maximum absolute atomic E-state index is 11.0. The summed E-state index contributed by atoms with van der Waals surface area (Å²) in [5.41, 5.74) is 0. The van der Waals surface area contributed by atoms with Crippen LogP contribution in [0.25, 0.3) is 0 Å². The summed E-state index contributed by atoms with van der Waals surface area (Å²) < 4.78 is 0. The van der Waals surface area contributed by atoms with Crippen molar-refractivity contribution < 1.29 is 9.59 Å². The minimum atomic E-state index is 0.00159. The van der Waals surface area contributed by atoms with E-state index in [1.165, 1.54) is 0 Å². The van der Waals surface area contributed by atoms with E-state index in [1.807, 2.05) is 0 Å². The summed E-state index contributed by atoms with van der Waals surface area (Å²) in [4.78, 5) is 22.0. The molecule has 0 rings (SSSR count). The van der Waals surface area contributed by atoms with Gasteiger partial charge in [-0.2, -0.15) is 0 Å². The standard InChI is InChI=1S/C10H22N4O2/c1-11-7-9(15)13-5-3-4-6-14-10(16)8-12-2/h11-12H,3-8H2,1-2H3,(H,13,15)(H,14,16). The zero-order valence-corrected chi connectivity index (χ0v) is 10.1. The molecule has 16 heavy (non-hydrogen) atoms. The maximum atomic E-state index is 11.0. The maximum Gasteiger partial charge on any atom is 0.233 e. The number of nitrogens with one attached hydrogen (secondary N) is 4. The van der Waals surface area contributed by atoms with Crippen molar-refractivity contribution in [2.75, 3.05) is 40.3 Å². The summed E-state index contributed by atoms with van der Waals surface area (Å²) in [6.45, 7) is 2.00. The molecule has 0 saturated heterocycles. The van der Waals surface area contributed by atoms with Gasteiger partial charge in [-0.05, 0) is 26.9 Å².